The third-order valence-electron chi connectivity index (χ3n) is 4.95. The molecule has 3 aromatic heterocycles. The average Bonchev–Trinajstić information content (AvgIpc) is 3.16. The molecule has 7 heteroatoms. The van der Waals surface area contributed by atoms with Gasteiger partial charge in [-0.1, -0.05) is 35.9 Å². The molecule has 0 radical (unpaired) electrons. The molecule has 152 valence electrons. The molecule has 1 amide bonds. The van der Waals surface area contributed by atoms with E-state index in [0.717, 1.165) is 5.69 Å². The van der Waals surface area contributed by atoms with E-state index in [4.69, 9.17) is 11.6 Å². The molecule has 0 aliphatic heterocycles. The normalized spacial score (nSPS) is 12.1. The summed E-state index contributed by atoms with van der Waals surface area (Å²) in [7, 11) is 0. The molecule has 0 fully saturated rings. The maximum absolute atomic E-state index is 14.6. The minimum atomic E-state index is -0.505. The monoisotopic (exact) mass is 422 g/mol. The molecule has 0 bridgehead atoms. The van der Waals surface area contributed by atoms with Crippen molar-refractivity contribution in [2.24, 2.45) is 0 Å². The zero-order valence-corrected chi connectivity index (χ0v) is 16.9. The molecule has 4 aromatic rings. The smallest absolute Gasteiger partial charge is 0.221 e. The van der Waals surface area contributed by atoms with Gasteiger partial charge in [-0.05, 0) is 35.9 Å². The number of rotatable bonds is 7. The summed E-state index contributed by atoms with van der Waals surface area (Å²) in [5.74, 6) is -1.04. The highest BCUT2D eigenvalue weighted by molar-refractivity contribution is 6.30. The van der Waals surface area contributed by atoms with E-state index in [1.54, 1.807) is 53.3 Å². The number of imidazole rings is 1. The van der Waals surface area contributed by atoms with Crippen LogP contribution >= 0.6 is 11.6 Å². The van der Waals surface area contributed by atoms with Crippen LogP contribution in [-0.4, -0.2) is 26.8 Å². The number of halogens is 2. The molecule has 0 saturated carbocycles. The summed E-state index contributed by atoms with van der Waals surface area (Å²) < 4.78 is 16.4. The fraction of sp³-hybridized carbons (Fsp3) is 0.174. The molecular formula is C23H20ClFN4O. The van der Waals surface area contributed by atoms with Crippen LogP contribution in [0, 0.1) is 5.82 Å². The van der Waals surface area contributed by atoms with E-state index in [9.17, 15) is 9.18 Å². The molecule has 1 aromatic carbocycles. The van der Waals surface area contributed by atoms with Gasteiger partial charge in [-0.15, -0.1) is 0 Å². The number of hydrogen-bond donors (Lipinski definition) is 1. The van der Waals surface area contributed by atoms with Gasteiger partial charge < -0.3 is 9.72 Å². The first-order chi connectivity index (χ1) is 14.6. The van der Waals surface area contributed by atoms with Crippen LogP contribution in [0.1, 0.15) is 29.3 Å². The van der Waals surface area contributed by atoms with E-state index in [1.165, 1.54) is 6.07 Å². The molecule has 1 N–H and O–H groups in total. The van der Waals surface area contributed by atoms with Crippen molar-refractivity contribution in [2.75, 3.05) is 6.54 Å². The first-order valence-electron chi connectivity index (χ1n) is 9.65. The lowest BCUT2D eigenvalue weighted by molar-refractivity contribution is -0.121. The van der Waals surface area contributed by atoms with Gasteiger partial charge in [-0.25, -0.2) is 9.37 Å². The summed E-state index contributed by atoms with van der Waals surface area (Å²) >= 11 is 6.15. The Morgan fingerprint density at radius 1 is 1.10 bits per heavy atom. The Kier molecular flexibility index (Phi) is 6.05. The van der Waals surface area contributed by atoms with Gasteiger partial charge in [-0.2, -0.15) is 0 Å². The zero-order valence-electron chi connectivity index (χ0n) is 16.1. The molecule has 30 heavy (non-hydrogen) atoms. The lowest BCUT2D eigenvalue weighted by Gasteiger charge is -2.18. The maximum atomic E-state index is 14.6. The summed E-state index contributed by atoms with van der Waals surface area (Å²) in [6, 6.07) is 15.7. The Morgan fingerprint density at radius 3 is 2.73 bits per heavy atom. The molecule has 1 atom stereocenters. The fourth-order valence-corrected chi connectivity index (χ4v) is 3.66. The third-order valence-corrected chi connectivity index (χ3v) is 5.18. The highest BCUT2D eigenvalue weighted by Crippen LogP contribution is 2.31. The number of pyridine rings is 2. The molecule has 5 nitrogen and oxygen atoms in total. The second-order valence-electron chi connectivity index (χ2n) is 6.96. The number of nitrogens with one attached hydrogen (secondary N) is 1. The van der Waals surface area contributed by atoms with Gasteiger partial charge >= 0.3 is 0 Å². The van der Waals surface area contributed by atoms with Crippen molar-refractivity contribution in [3.63, 3.8) is 0 Å². The minimum absolute atomic E-state index is 0.0868. The quantitative estimate of drug-likeness (QED) is 0.480. The van der Waals surface area contributed by atoms with E-state index < -0.39 is 5.92 Å². The largest absolute Gasteiger partial charge is 0.356 e. The summed E-state index contributed by atoms with van der Waals surface area (Å²) in [6.07, 6.45) is 5.84. The van der Waals surface area contributed by atoms with E-state index in [-0.39, 0.29) is 18.1 Å². The average molecular weight is 423 g/mol. The van der Waals surface area contributed by atoms with Crippen molar-refractivity contribution >= 4 is 23.2 Å². The number of benzene rings is 1. The number of aromatic nitrogens is 3. The van der Waals surface area contributed by atoms with Gasteiger partial charge in [0.25, 0.3) is 0 Å². The third kappa shape index (κ3) is 4.49. The van der Waals surface area contributed by atoms with Crippen LogP contribution in [0.15, 0.2) is 73.2 Å². The molecule has 0 aliphatic rings. The van der Waals surface area contributed by atoms with Gasteiger partial charge in [0.2, 0.25) is 5.91 Å². The van der Waals surface area contributed by atoms with Crippen molar-refractivity contribution in [1.29, 1.82) is 0 Å². The second-order valence-corrected chi connectivity index (χ2v) is 7.39. The van der Waals surface area contributed by atoms with Crippen LogP contribution < -0.4 is 5.32 Å². The predicted molar refractivity (Wildman–Crippen MR) is 114 cm³/mol. The predicted octanol–water partition coefficient (Wildman–Crippen LogP) is 4.40. The van der Waals surface area contributed by atoms with Crippen molar-refractivity contribution in [1.82, 2.24) is 19.7 Å². The summed E-state index contributed by atoms with van der Waals surface area (Å²) in [5, 5.41) is 3.45. The van der Waals surface area contributed by atoms with Crippen molar-refractivity contribution in [2.45, 2.75) is 18.8 Å². The molecule has 3 heterocycles. The van der Waals surface area contributed by atoms with Crippen LogP contribution in [0.2, 0.25) is 5.02 Å². The Balaban J connectivity index is 1.57. The van der Waals surface area contributed by atoms with Crippen LogP contribution in [0.3, 0.4) is 0 Å². The SMILES string of the molecule is O=C(CC(c1ccccc1F)c1cnc2ccc(Cl)cn12)NCCc1ccccn1. The maximum Gasteiger partial charge on any atom is 0.221 e. The van der Waals surface area contributed by atoms with Crippen LogP contribution in [0.25, 0.3) is 5.65 Å². The molecule has 1 unspecified atom stereocenters. The number of carbonyl (C=O) groups is 1. The Morgan fingerprint density at radius 2 is 1.93 bits per heavy atom. The van der Waals surface area contributed by atoms with Gasteiger partial charge in [-0.3, -0.25) is 9.78 Å². The Hall–Kier alpha value is -3.25. The van der Waals surface area contributed by atoms with E-state index >= 15 is 0 Å². The van der Waals surface area contributed by atoms with Gasteiger partial charge in [0.05, 0.1) is 10.7 Å². The highest BCUT2D eigenvalue weighted by atomic mass is 35.5. The van der Waals surface area contributed by atoms with Crippen molar-refractivity contribution < 1.29 is 9.18 Å². The lowest BCUT2D eigenvalue weighted by atomic mass is 9.92. The molecule has 4 rings (SSSR count). The highest BCUT2D eigenvalue weighted by Gasteiger charge is 2.24. The number of nitrogens with zero attached hydrogens (tertiary/aromatic N) is 3. The van der Waals surface area contributed by atoms with Crippen molar-refractivity contribution in [3.8, 4) is 0 Å². The molecule has 0 saturated heterocycles. The zero-order chi connectivity index (χ0) is 20.9. The summed E-state index contributed by atoms with van der Waals surface area (Å²) in [5.41, 5.74) is 2.74. The van der Waals surface area contributed by atoms with Crippen molar-refractivity contribution in [3.05, 3.63) is 101 Å². The van der Waals surface area contributed by atoms with Gasteiger partial charge in [0, 0.05) is 49.6 Å². The number of carbonyl (C=O) groups excluding carboxylic acids is 1. The van der Waals surface area contributed by atoms with E-state index in [1.807, 2.05) is 18.2 Å². The minimum Gasteiger partial charge on any atom is -0.356 e. The Bertz CT molecular complexity index is 1160. The first-order valence-corrected chi connectivity index (χ1v) is 10.0. The molecule has 0 aliphatic carbocycles. The second kappa shape index (κ2) is 9.05. The molecular weight excluding hydrogens is 403 g/mol. The van der Waals surface area contributed by atoms with E-state index in [2.05, 4.69) is 15.3 Å². The van der Waals surface area contributed by atoms with Crippen LogP contribution in [-0.2, 0) is 11.2 Å². The van der Waals surface area contributed by atoms with Crippen LogP contribution in [0.5, 0.6) is 0 Å². The summed E-state index contributed by atoms with van der Waals surface area (Å²) in [6.45, 7) is 0.457. The fourth-order valence-electron chi connectivity index (χ4n) is 3.50. The van der Waals surface area contributed by atoms with Crippen LogP contribution in [0.4, 0.5) is 4.39 Å². The van der Waals surface area contributed by atoms with Gasteiger partial charge in [0.15, 0.2) is 0 Å². The lowest BCUT2D eigenvalue weighted by Crippen LogP contribution is -2.28. The topological polar surface area (TPSA) is 59.3 Å². The summed E-state index contributed by atoms with van der Waals surface area (Å²) in [4.78, 5) is 21.4. The number of hydrogen-bond acceptors (Lipinski definition) is 3. The molecule has 0 spiro atoms. The Labute approximate surface area is 178 Å². The van der Waals surface area contributed by atoms with Gasteiger partial charge in [0.1, 0.15) is 11.5 Å². The standard InChI is InChI=1S/C23H20ClFN4O/c24-16-8-9-22-28-14-21(29(22)15-16)19(18-6-1-2-7-20(18)25)13-23(30)27-12-10-17-5-3-4-11-26-17/h1-9,11,14-15,19H,10,12-13H2,(H,27,30). The van der Waals surface area contributed by atoms with E-state index in [0.29, 0.717) is 34.9 Å². The number of fused-ring (bicyclic) bond motifs is 1. The first kappa shape index (κ1) is 20.0. The number of amides is 1.